The van der Waals surface area contributed by atoms with Crippen molar-refractivity contribution < 1.29 is 33.6 Å². The Morgan fingerprint density at radius 2 is 1.81 bits per heavy atom. The second-order valence-electron chi connectivity index (χ2n) is 10.7. The van der Waals surface area contributed by atoms with Gasteiger partial charge in [0, 0.05) is 6.42 Å². The number of benzene rings is 1. The highest BCUT2D eigenvalue weighted by Gasteiger charge is 2.64. The summed E-state index contributed by atoms with van der Waals surface area (Å²) in [6.07, 6.45) is -3.66. The Labute approximate surface area is 185 Å². The summed E-state index contributed by atoms with van der Waals surface area (Å²) < 4.78 is 24.6. The van der Waals surface area contributed by atoms with E-state index < -0.39 is 50.1 Å². The minimum Gasteiger partial charge on any atom is -0.459 e. The van der Waals surface area contributed by atoms with Gasteiger partial charge in [-0.15, -0.1) is 0 Å². The highest BCUT2D eigenvalue weighted by atomic mass is 28.4. The van der Waals surface area contributed by atoms with Crippen molar-refractivity contribution in [3.8, 4) is 0 Å². The topological polar surface area (TPSA) is 94.5 Å². The zero-order valence-corrected chi connectivity index (χ0v) is 20.5. The lowest BCUT2D eigenvalue weighted by Crippen LogP contribution is -2.66. The Kier molecular flexibility index (Phi) is 6.47. The Bertz CT molecular complexity index is 789. The molecule has 0 aromatic heterocycles. The molecule has 0 amide bonds. The van der Waals surface area contributed by atoms with Crippen LogP contribution < -0.4 is 0 Å². The summed E-state index contributed by atoms with van der Waals surface area (Å²) in [4.78, 5) is 12.6. The molecule has 2 fully saturated rings. The molecule has 5 atom stereocenters. The van der Waals surface area contributed by atoms with E-state index in [9.17, 15) is 15.0 Å². The first kappa shape index (κ1) is 24.4. The normalized spacial score (nSPS) is 33.1. The molecule has 7 nitrogen and oxygen atoms in total. The third-order valence-electron chi connectivity index (χ3n) is 6.66. The SMILES string of the molecule is CC1(C)O[C@@H]2[C@@H](O[Si](C)(C)C(C)(C)C)[C@@H](O)[C@H](O)C[C@]2(COC(=O)c2ccccc2)O1. The number of carbonyl (C=O) groups excluding carboxylic acids is 1. The van der Waals surface area contributed by atoms with Crippen LogP contribution in [0.1, 0.15) is 51.4 Å². The number of ether oxygens (including phenoxy) is 3. The molecule has 1 aromatic carbocycles. The van der Waals surface area contributed by atoms with Gasteiger partial charge in [0.2, 0.25) is 0 Å². The maximum atomic E-state index is 12.6. The summed E-state index contributed by atoms with van der Waals surface area (Å²) in [5.74, 6) is -1.47. The van der Waals surface area contributed by atoms with Crippen molar-refractivity contribution in [2.75, 3.05) is 6.61 Å². The lowest BCUT2D eigenvalue weighted by molar-refractivity contribution is -0.187. The summed E-state index contributed by atoms with van der Waals surface area (Å²) in [5.41, 5.74) is -0.696. The Hall–Kier alpha value is -1.29. The Morgan fingerprint density at radius 3 is 2.39 bits per heavy atom. The van der Waals surface area contributed by atoms with Gasteiger partial charge in [0.25, 0.3) is 0 Å². The highest BCUT2D eigenvalue weighted by molar-refractivity contribution is 6.74. The van der Waals surface area contributed by atoms with Gasteiger partial charge in [-0.2, -0.15) is 0 Å². The first-order valence-corrected chi connectivity index (χ1v) is 13.7. The lowest BCUT2D eigenvalue weighted by atomic mass is 9.77. The van der Waals surface area contributed by atoms with Crippen molar-refractivity contribution in [3.63, 3.8) is 0 Å². The van der Waals surface area contributed by atoms with E-state index in [1.807, 2.05) is 6.07 Å². The molecule has 1 heterocycles. The van der Waals surface area contributed by atoms with Crippen molar-refractivity contribution in [2.24, 2.45) is 0 Å². The third kappa shape index (κ3) is 4.89. The van der Waals surface area contributed by atoms with Crippen molar-refractivity contribution >= 4 is 14.3 Å². The molecule has 3 rings (SSSR count). The van der Waals surface area contributed by atoms with E-state index >= 15 is 0 Å². The van der Waals surface area contributed by atoms with Crippen LogP contribution in [-0.4, -0.2) is 66.9 Å². The van der Waals surface area contributed by atoms with Crippen LogP contribution in [0.25, 0.3) is 0 Å². The second-order valence-corrected chi connectivity index (χ2v) is 15.4. The zero-order valence-electron chi connectivity index (χ0n) is 19.5. The molecule has 1 aliphatic carbocycles. The average Bonchev–Trinajstić information content (AvgIpc) is 2.93. The van der Waals surface area contributed by atoms with Gasteiger partial charge in [0.05, 0.1) is 11.7 Å². The fraction of sp³-hybridized carbons (Fsp3) is 0.696. The summed E-state index contributed by atoms with van der Waals surface area (Å²) >= 11 is 0. The smallest absolute Gasteiger partial charge is 0.338 e. The minimum absolute atomic E-state index is 0.0711. The third-order valence-corrected chi connectivity index (χ3v) is 11.1. The number of hydrogen-bond acceptors (Lipinski definition) is 7. The summed E-state index contributed by atoms with van der Waals surface area (Å²) in [6.45, 7) is 13.9. The van der Waals surface area contributed by atoms with E-state index in [1.54, 1.807) is 38.1 Å². The maximum absolute atomic E-state index is 12.6. The van der Waals surface area contributed by atoms with Crippen molar-refractivity contribution in [1.82, 2.24) is 0 Å². The molecule has 174 valence electrons. The van der Waals surface area contributed by atoms with Gasteiger partial charge in [-0.05, 0) is 44.1 Å². The molecule has 1 saturated carbocycles. The monoisotopic (exact) mass is 452 g/mol. The van der Waals surface area contributed by atoms with Crippen LogP contribution in [0.15, 0.2) is 30.3 Å². The van der Waals surface area contributed by atoms with E-state index in [2.05, 4.69) is 33.9 Å². The van der Waals surface area contributed by atoms with Gasteiger partial charge in [-0.25, -0.2) is 4.79 Å². The maximum Gasteiger partial charge on any atom is 0.338 e. The van der Waals surface area contributed by atoms with E-state index in [1.165, 1.54) is 0 Å². The number of fused-ring (bicyclic) bond motifs is 1. The van der Waals surface area contributed by atoms with Gasteiger partial charge in [-0.1, -0.05) is 39.0 Å². The van der Waals surface area contributed by atoms with Gasteiger partial charge < -0.3 is 28.8 Å². The predicted octanol–water partition coefficient (Wildman–Crippen LogP) is 3.25. The first-order valence-electron chi connectivity index (χ1n) is 10.8. The number of carbonyl (C=O) groups is 1. The van der Waals surface area contributed by atoms with Gasteiger partial charge in [0.1, 0.15) is 30.5 Å². The van der Waals surface area contributed by atoms with Crippen LogP contribution in [0.5, 0.6) is 0 Å². The fourth-order valence-electron chi connectivity index (χ4n) is 4.05. The van der Waals surface area contributed by atoms with Crippen molar-refractivity contribution in [2.45, 2.75) is 95.0 Å². The van der Waals surface area contributed by atoms with Crippen LogP contribution in [-0.2, 0) is 18.6 Å². The van der Waals surface area contributed by atoms with Crippen LogP contribution >= 0.6 is 0 Å². The Balaban J connectivity index is 1.89. The zero-order chi connectivity index (χ0) is 23.2. The van der Waals surface area contributed by atoms with Crippen LogP contribution in [0.3, 0.4) is 0 Å². The van der Waals surface area contributed by atoms with Crippen LogP contribution in [0.4, 0.5) is 0 Å². The molecule has 0 bridgehead atoms. The average molecular weight is 453 g/mol. The van der Waals surface area contributed by atoms with Crippen LogP contribution in [0.2, 0.25) is 18.1 Å². The first-order chi connectivity index (χ1) is 14.2. The highest BCUT2D eigenvalue weighted by Crippen LogP contribution is 2.48. The number of hydrogen-bond donors (Lipinski definition) is 2. The minimum atomic E-state index is -2.31. The van der Waals surface area contributed by atoms with E-state index in [0.29, 0.717) is 5.56 Å². The quantitative estimate of drug-likeness (QED) is 0.523. The molecule has 0 unspecified atom stereocenters. The largest absolute Gasteiger partial charge is 0.459 e. The van der Waals surface area contributed by atoms with E-state index in [4.69, 9.17) is 18.6 Å². The second kappa shape index (κ2) is 8.24. The molecule has 31 heavy (non-hydrogen) atoms. The molecule has 2 aliphatic rings. The van der Waals surface area contributed by atoms with E-state index in [-0.39, 0.29) is 18.1 Å². The molecular weight excluding hydrogens is 416 g/mol. The Morgan fingerprint density at radius 1 is 1.19 bits per heavy atom. The van der Waals surface area contributed by atoms with E-state index in [0.717, 1.165) is 0 Å². The molecule has 0 spiro atoms. The van der Waals surface area contributed by atoms with Gasteiger partial charge in [-0.3, -0.25) is 0 Å². The molecule has 1 aliphatic heterocycles. The molecule has 0 radical (unpaired) electrons. The summed E-state index contributed by atoms with van der Waals surface area (Å²) in [6, 6.07) is 8.70. The summed E-state index contributed by atoms with van der Waals surface area (Å²) in [7, 11) is -2.31. The van der Waals surface area contributed by atoms with Crippen molar-refractivity contribution in [1.29, 1.82) is 0 Å². The lowest BCUT2D eigenvalue weighted by Gasteiger charge is -2.49. The number of esters is 1. The molecule has 1 saturated heterocycles. The number of aliphatic hydroxyl groups excluding tert-OH is 2. The predicted molar refractivity (Wildman–Crippen MR) is 118 cm³/mol. The molecular formula is C23H36O7Si. The molecule has 2 N–H and O–H groups in total. The fourth-order valence-corrected chi connectivity index (χ4v) is 5.34. The standard InChI is InChI=1S/C23H36O7Si/c1-21(2,3)31(6,7)29-18-17(25)16(24)13-23(19(18)28-22(4,5)30-23)14-27-20(26)15-11-9-8-10-12-15/h8-12,16-19,24-25H,13-14H2,1-7H3/t16-,17+,18+,19-,23-/m1/s1. The summed E-state index contributed by atoms with van der Waals surface area (Å²) in [5, 5.41) is 21.5. The van der Waals surface area contributed by atoms with Gasteiger partial charge >= 0.3 is 5.97 Å². The van der Waals surface area contributed by atoms with Crippen LogP contribution in [0, 0.1) is 0 Å². The molecule has 8 heteroatoms. The number of aliphatic hydroxyl groups is 2. The number of rotatable bonds is 5. The van der Waals surface area contributed by atoms with Gasteiger partial charge in [0.15, 0.2) is 14.1 Å². The van der Waals surface area contributed by atoms with Crippen molar-refractivity contribution in [3.05, 3.63) is 35.9 Å². The molecule has 1 aromatic rings.